The monoisotopic (exact) mass is 431 g/mol. The number of rotatable bonds is 7. The van der Waals surface area contributed by atoms with Crippen molar-refractivity contribution in [2.75, 3.05) is 18.5 Å². The molecule has 0 aliphatic carbocycles. The summed E-state index contributed by atoms with van der Waals surface area (Å²) in [6.07, 6.45) is 0. The first-order valence-electron chi connectivity index (χ1n) is 8.90. The van der Waals surface area contributed by atoms with Crippen LogP contribution in [0.4, 0.5) is 5.69 Å². The average Bonchev–Trinajstić information content (AvgIpc) is 2.72. The standard InChI is InChI=1S/C22H22ClNO4S/c1-16-5-4-6-22(11-16)29(25,26)24(19-9-7-18(23)8-10-19)15-17-12-20(27-2)14-21(13-17)28-3/h4-14H,15H2,1-3H3. The van der Waals surface area contributed by atoms with E-state index in [1.54, 1.807) is 74.9 Å². The van der Waals surface area contributed by atoms with Gasteiger partial charge in [0.05, 0.1) is 31.3 Å². The molecular formula is C22H22ClNO4S. The molecule has 0 atom stereocenters. The molecule has 29 heavy (non-hydrogen) atoms. The van der Waals surface area contributed by atoms with E-state index in [2.05, 4.69) is 0 Å². The lowest BCUT2D eigenvalue weighted by molar-refractivity contribution is 0.393. The highest BCUT2D eigenvalue weighted by Gasteiger charge is 2.26. The maximum Gasteiger partial charge on any atom is 0.264 e. The number of halogens is 1. The highest BCUT2D eigenvalue weighted by atomic mass is 35.5. The zero-order chi connectivity index (χ0) is 21.0. The van der Waals surface area contributed by atoms with Crippen molar-refractivity contribution in [1.82, 2.24) is 0 Å². The summed E-state index contributed by atoms with van der Waals surface area (Å²) in [5.41, 5.74) is 2.11. The van der Waals surface area contributed by atoms with Crippen LogP contribution < -0.4 is 13.8 Å². The highest BCUT2D eigenvalue weighted by Crippen LogP contribution is 2.30. The topological polar surface area (TPSA) is 55.8 Å². The molecule has 0 aliphatic rings. The highest BCUT2D eigenvalue weighted by molar-refractivity contribution is 7.92. The van der Waals surface area contributed by atoms with Gasteiger partial charge in [-0.25, -0.2) is 8.42 Å². The number of ether oxygens (including phenoxy) is 2. The summed E-state index contributed by atoms with van der Waals surface area (Å²) in [6, 6.07) is 18.9. The maximum atomic E-state index is 13.5. The van der Waals surface area contributed by atoms with E-state index in [0.29, 0.717) is 22.2 Å². The van der Waals surface area contributed by atoms with E-state index < -0.39 is 10.0 Å². The van der Waals surface area contributed by atoms with Crippen molar-refractivity contribution in [1.29, 1.82) is 0 Å². The molecule has 7 heteroatoms. The molecule has 0 saturated heterocycles. The van der Waals surface area contributed by atoms with Crippen molar-refractivity contribution in [2.24, 2.45) is 0 Å². The van der Waals surface area contributed by atoms with Crippen LogP contribution >= 0.6 is 11.6 Å². The molecule has 0 bridgehead atoms. The van der Waals surface area contributed by atoms with Crippen LogP contribution in [0.25, 0.3) is 0 Å². The number of sulfonamides is 1. The second-order valence-corrected chi connectivity index (χ2v) is 8.82. The number of nitrogens with zero attached hydrogens (tertiary/aromatic N) is 1. The molecule has 3 aromatic rings. The number of methoxy groups -OCH3 is 2. The largest absolute Gasteiger partial charge is 0.497 e. The Morgan fingerprint density at radius 2 is 1.52 bits per heavy atom. The minimum atomic E-state index is -3.82. The van der Waals surface area contributed by atoms with Gasteiger partial charge >= 0.3 is 0 Å². The Labute approximate surface area is 176 Å². The Kier molecular flexibility index (Phi) is 6.35. The number of benzene rings is 3. The van der Waals surface area contributed by atoms with Crippen molar-refractivity contribution < 1.29 is 17.9 Å². The van der Waals surface area contributed by atoms with Gasteiger partial charge < -0.3 is 9.47 Å². The van der Waals surface area contributed by atoms with E-state index >= 15 is 0 Å². The fraction of sp³-hybridized carbons (Fsp3) is 0.182. The van der Waals surface area contributed by atoms with E-state index in [9.17, 15) is 8.42 Å². The van der Waals surface area contributed by atoms with Gasteiger partial charge in [0.25, 0.3) is 10.0 Å². The lowest BCUT2D eigenvalue weighted by Gasteiger charge is -2.25. The molecule has 0 unspecified atom stereocenters. The molecule has 3 aromatic carbocycles. The first-order valence-corrected chi connectivity index (χ1v) is 10.7. The van der Waals surface area contributed by atoms with Crippen LogP contribution in [-0.2, 0) is 16.6 Å². The second-order valence-electron chi connectivity index (χ2n) is 6.53. The first-order chi connectivity index (χ1) is 13.8. The fourth-order valence-corrected chi connectivity index (χ4v) is 4.63. The smallest absolute Gasteiger partial charge is 0.264 e. The minimum Gasteiger partial charge on any atom is -0.497 e. The Balaban J connectivity index is 2.10. The van der Waals surface area contributed by atoms with Crippen molar-refractivity contribution in [2.45, 2.75) is 18.4 Å². The molecule has 0 radical (unpaired) electrons. The summed E-state index contributed by atoms with van der Waals surface area (Å²) < 4.78 is 39.0. The maximum absolute atomic E-state index is 13.5. The van der Waals surface area contributed by atoms with Crippen molar-refractivity contribution in [3.8, 4) is 11.5 Å². The third-order valence-corrected chi connectivity index (χ3v) is 6.45. The Morgan fingerprint density at radius 3 is 2.07 bits per heavy atom. The van der Waals surface area contributed by atoms with Gasteiger partial charge in [0.15, 0.2) is 0 Å². The van der Waals surface area contributed by atoms with Crippen LogP contribution in [-0.4, -0.2) is 22.6 Å². The molecule has 5 nitrogen and oxygen atoms in total. The molecule has 0 aliphatic heterocycles. The lowest BCUT2D eigenvalue weighted by atomic mass is 10.2. The number of aryl methyl sites for hydroxylation is 1. The summed E-state index contributed by atoms with van der Waals surface area (Å²) in [6.45, 7) is 1.96. The Hall–Kier alpha value is -2.70. The first kappa shape index (κ1) is 21.0. The minimum absolute atomic E-state index is 0.103. The molecular weight excluding hydrogens is 410 g/mol. The molecule has 0 aromatic heterocycles. The molecule has 3 rings (SSSR count). The third kappa shape index (κ3) is 4.83. The molecule has 0 heterocycles. The van der Waals surface area contributed by atoms with Gasteiger partial charge in [-0.15, -0.1) is 0 Å². The van der Waals surface area contributed by atoms with E-state index in [-0.39, 0.29) is 11.4 Å². The van der Waals surface area contributed by atoms with Crippen LogP contribution in [0.5, 0.6) is 11.5 Å². The summed E-state index contributed by atoms with van der Waals surface area (Å²) in [5, 5.41) is 0.532. The SMILES string of the molecule is COc1cc(CN(c2ccc(Cl)cc2)S(=O)(=O)c2cccc(C)c2)cc(OC)c1. The van der Waals surface area contributed by atoms with Crippen molar-refractivity contribution in [3.05, 3.63) is 82.9 Å². The van der Waals surface area contributed by atoms with Crippen molar-refractivity contribution >= 4 is 27.3 Å². The van der Waals surface area contributed by atoms with E-state index in [1.165, 1.54) is 4.31 Å². The van der Waals surface area contributed by atoms with Gasteiger partial charge in [-0.05, 0) is 66.6 Å². The quantitative estimate of drug-likeness (QED) is 0.524. The van der Waals surface area contributed by atoms with Crippen LogP contribution in [0.1, 0.15) is 11.1 Å². The molecule has 0 amide bonds. The zero-order valence-electron chi connectivity index (χ0n) is 16.4. The molecule has 0 fully saturated rings. The van der Waals surface area contributed by atoms with Gasteiger partial charge in [0, 0.05) is 11.1 Å². The van der Waals surface area contributed by atoms with E-state index in [0.717, 1.165) is 11.1 Å². The van der Waals surface area contributed by atoms with Crippen LogP contribution in [0.2, 0.25) is 5.02 Å². The summed E-state index contributed by atoms with van der Waals surface area (Å²) in [4.78, 5) is 0.224. The predicted molar refractivity (Wildman–Crippen MR) is 116 cm³/mol. The molecule has 152 valence electrons. The van der Waals surface area contributed by atoms with Crippen LogP contribution in [0.15, 0.2) is 71.6 Å². The second kappa shape index (κ2) is 8.76. The normalized spacial score (nSPS) is 11.2. The van der Waals surface area contributed by atoms with E-state index in [1.807, 2.05) is 13.0 Å². The summed E-state index contributed by atoms with van der Waals surface area (Å²) in [5.74, 6) is 1.17. The fourth-order valence-electron chi connectivity index (χ4n) is 2.95. The molecule has 0 saturated carbocycles. The molecule has 0 N–H and O–H groups in total. The van der Waals surface area contributed by atoms with Crippen molar-refractivity contribution in [3.63, 3.8) is 0 Å². The summed E-state index contributed by atoms with van der Waals surface area (Å²) >= 11 is 6.01. The number of hydrogen-bond acceptors (Lipinski definition) is 4. The zero-order valence-corrected chi connectivity index (χ0v) is 18.0. The van der Waals surface area contributed by atoms with Gasteiger partial charge in [-0.1, -0.05) is 23.7 Å². The van der Waals surface area contributed by atoms with E-state index in [4.69, 9.17) is 21.1 Å². The number of anilines is 1. The molecule has 0 spiro atoms. The van der Waals surface area contributed by atoms with Gasteiger partial charge in [-0.3, -0.25) is 4.31 Å². The average molecular weight is 432 g/mol. The van der Waals surface area contributed by atoms with Gasteiger partial charge in [-0.2, -0.15) is 0 Å². The van der Waals surface area contributed by atoms with Gasteiger partial charge in [0.1, 0.15) is 11.5 Å². The van der Waals surface area contributed by atoms with Gasteiger partial charge in [0.2, 0.25) is 0 Å². The predicted octanol–water partition coefficient (Wildman–Crippen LogP) is 5.06. The Bertz CT molecular complexity index is 1080. The lowest BCUT2D eigenvalue weighted by Crippen LogP contribution is -2.30. The van der Waals surface area contributed by atoms with Crippen LogP contribution in [0, 0.1) is 6.92 Å². The Morgan fingerprint density at radius 1 is 0.897 bits per heavy atom. The van der Waals surface area contributed by atoms with Crippen LogP contribution in [0.3, 0.4) is 0 Å². The third-order valence-electron chi connectivity index (χ3n) is 4.43. The summed E-state index contributed by atoms with van der Waals surface area (Å²) in [7, 11) is -0.709. The number of hydrogen-bond donors (Lipinski definition) is 0.